The van der Waals surface area contributed by atoms with E-state index in [0.29, 0.717) is 24.9 Å². The van der Waals surface area contributed by atoms with Gasteiger partial charge in [-0.05, 0) is 31.1 Å². The first-order chi connectivity index (χ1) is 10.9. The zero-order valence-electron chi connectivity index (χ0n) is 14.5. The van der Waals surface area contributed by atoms with Gasteiger partial charge in [0, 0.05) is 43.9 Å². The Hall–Kier alpha value is -1.36. The highest BCUT2D eigenvalue weighted by Crippen LogP contribution is 2.46. The number of hydrogen-bond donors (Lipinski definition) is 1. The van der Waals surface area contributed by atoms with Crippen molar-refractivity contribution in [3.05, 3.63) is 18.2 Å². The number of amides is 1. The van der Waals surface area contributed by atoms with Crippen LogP contribution in [0.5, 0.6) is 0 Å². The van der Waals surface area contributed by atoms with Crippen LogP contribution in [0.2, 0.25) is 0 Å². The first-order valence-corrected chi connectivity index (χ1v) is 8.89. The van der Waals surface area contributed by atoms with E-state index in [1.165, 1.54) is 0 Å². The van der Waals surface area contributed by atoms with Crippen LogP contribution in [0.4, 0.5) is 0 Å². The van der Waals surface area contributed by atoms with Gasteiger partial charge in [-0.2, -0.15) is 0 Å². The van der Waals surface area contributed by atoms with Crippen LogP contribution in [-0.4, -0.2) is 44.2 Å². The molecule has 23 heavy (non-hydrogen) atoms. The monoisotopic (exact) mass is 319 g/mol. The minimum absolute atomic E-state index is 0.103. The minimum atomic E-state index is -0.189. The second kappa shape index (κ2) is 6.27. The van der Waals surface area contributed by atoms with Crippen LogP contribution in [-0.2, 0) is 11.3 Å². The third kappa shape index (κ3) is 3.16. The van der Waals surface area contributed by atoms with Crippen molar-refractivity contribution in [3.8, 4) is 0 Å². The molecule has 1 aliphatic carbocycles. The maximum atomic E-state index is 12.7. The largest absolute Gasteiger partial charge is 0.393 e. The Morgan fingerprint density at radius 1 is 1.48 bits per heavy atom. The van der Waals surface area contributed by atoms with Gasteiger partial charge < -0.3 is 14.6 Å². The lowest BCUT2D eigenvalue weighted by Gasteiger charge is -2.41. The van der Waals surface area contributed by atoms with E-state index in [1.807, 2.05) is 12.4 Å². The first-order valence-electron chi connectivity index (χ1n) is 8.89. The molecule has 5 nitrogen and oxygen atoms in total. The Bertz CT molecular complexity index is 568. The number of carbonyl (C=O) groups excluding carboxylic acids is 1. The number of aryl methyl sites for hydroxylation is 1. The van der Waals surface area contributed by atoms with Crippen LogP contribution >= 0.6 is 0 Å². The molecule has 2 heterocycles. The summed E-state index contributed by atoms with van der Waals surface area (Å²) in [6.45, 7) is 8.03. The highest BCUT2D eigenvalue weighted by molar-refractivity contribution is 5.77. The topological polar surface area (TPSA) is 58.4 Å². The van der Waals surface area contributed by atoms with Crippen molar-refractivity contribution in [1.82, 2.24) is 14.5 Å². The highest BCUT2D eigenvalue weighted by Gasteiger charge is 2.48. The summed E-state index contributed by atoms with van der Waals surface area (Å²) in [7, 11) is 0. The summed E-state index contributed by atoms with van der Waals surface area (Å²) in [5.41, 5.74) is 0.103. The number of aromatic nitrogens is 2. The fourth-order valence-corrected chi connectivity index (χ4v) is 4.48. The van der Waals surface area contributed by atoms with E-state index in [4.69, 9.17) is 0 Å². The molecule has 0 aromatic carbocycles. The molecule has 1 aromatic heterocycles. The summed E-state index contributed by atoms with van der Waals surface area (Å²) >= 11 is 0. The standard InChI is InChI=1S/C18H29N3O2/c1-13(2)17-19-8-11-20(17)9-6-16(23)21-10-7-18(3)12-14(22)4-5-15(18)21/h8,11,13-15,22H,4-7,9-10,12H2,1-3H3/t14-,15-,18+/m1/s1. The van der Waals surface area contributed by atoms with Crippen LogP contribution in [0, 0.1) is 5.41 Å². The van der Waals surface area contributed by atoms with E-state index in [9.17, 15) is 9.90 Å². The number of aliphatic hydroxyl groups excluding tert-OH is 1. The van der Waals surface area contributed by atoms with E-state index in [1.54, 1.807) is 0 Å². The summed E-state index contributed by atoms with van der Waals surface area (Å²) in [6, 6.07) is 0.311. The molecule has 5 heteroatoms. The Kier molecular flexibility index (Phi) is 4.50. The van der Waals surface area contributed by atoms with Crippen LogP contribution < -0.4 is 0 Å². The second-order valence-electron chi connectivity index (χ2n) is 7.83. The molecular weight excluding hydrogens is 290 g/mol. The molecule has 1 saturated heterocycles. The molecule has 0 bridgehead atoms. The number of hydrogen-bond acceptors (Lipinski definition) is 3. The zero-order valence-corrected chi connectivity index (χ0v) is 14.5. The molecule has 2 aliphatic rings. The summed E-state index contributed by atoms with van der Waals surface area (Å²) in [6.07, 6.45) is 7.73. The maximum absolute atomic E-state index is 12.7. The zero-order chi connectivity index (χ0) is 16.6. The van der Waals surface area contributed by atoms with Crippen molar-refractivity contribution in [3.63, 3.8) is 0 Å². The third-order valence-electron chi connectivity index (χ3n) is 5.73. The van der Waals surface area contributed by atoms with Crippen molar-refractivity contribution in [2.45, 2.75) is 77.5 Å². The SMILES string of the molecule is CC(C)c1nccn1CCC(=O)N1CC[C@@]2(C)C[C@H](O)CC[C@@H]12. The fraction of sp³-hybridized carbons (Fsp3) is 0.778. The number of nitrogens with zero attached hydrogens (tertiary/aromatic N) is 3. The van der Waals surface area contributed by atoms with Gasteiger partial charge in [0.2, 0.25) is 5.91 Å². The summed E-state index contributed by atoms with van der Waals surface area (Å²) in [5, 5.41) is 9.94. The Morgan fingerprint density at radius 2 is 2.26 bits per heavy atom. The predicted molar refractivity (Wildman–Crippen MR) is 89.0 cm³/mol. The van der Waals surface area contributed by atoms with Crippen molar-refractivity contribution >= 4 is 5.91 Å². The van der Waals surface area contributed by atoms with Gasteiger partial charge in [-0.25, -0.2) is 4.98 Å². The molecule has 1 amide bonds. The number of fused-ring (bicyclic) bond motifs is 1. The van der Waals surface area contributed by atoms with E-state index in [2.05, 4.69) is 35.2 Å². The molecule has 1 aliphatic heterocycles. The maximum Gasteiger partial charge on any atom is 0.224 e. The number of aliphatic hydroxyl groups is 1. The highest BCUT2D eigenvalue weighted by atomic mass is 16.3. The molecule has 0 radical (unpaired) electrons. The molecule has 128 valence electrons. The average molecular weight is 319 g/mol. The molecule has 3 rings (SSSR count). The van der Waals surface area contributed by atoms with Gasteiger partial charge in [0.15, 0.2) is 0 Å². The smallest absolute Gasteiger partial charge is 0.224 e. The van der Waals surface area contributed by atoms with Gasteiger partial charge in [0.1, 0.15) is 5.82 Å². The van der Waals surface area contributed by atoms with Crippen LogP contribution in [0.3, 0.4) is 0 Å². The van der Waals surface area contributed by atoms with Gasteiger partial charge >= 0.3 is 0 Å². The lowest BCUT2D eigenvalue weighted by Crippen LogP contribution is -2.46. The fourth-order valence-electron chi connectivity index (χ4n) is 4.48. The van der Waals surface area contributed by atoms with Gasteiger partial charge in [-0.1, -0.05) is 20.8 Å². The first kappa shape index (κ1) is 16.5. The Labute approximate surface area is 138 Å². The Balaban J connectivity index is 1.62. The predicted octanol–water partition coefficient (Wildman–Crippen LogP) is 2.55. The van der Waals surface area contributed by atoms with Crippen LogP contribution in [0.25, 0.3) is 0 Å². The summed E-state index contributed by atoms with van der Waals surface area (Å²) in [4.78, 5) is 19.2. The van der Waals surface area contributed by atoms with Crippen molar-refractivity contribution < 1.29 is 9.90 Å². The molecular formula is C18H29N3O2. The summed E-state index contributed by atoms with van der Waals surface area (Å²) < 4.78 is 2.10. The van der Waals surface area contributed by atoms with E-state index < -0.39 is 0 Å². The third-order valence-corrected chi connectivity index (χ3v) is 5.73. The molecule has 3 atom stereocenters. The van der Waals surface area contributed by atoms with Crippen molar-refractivity contribution in [2.24, 2.45) is 5.41 Å². The number of rotatable bonds is 4. The molecule has 1 saturated carbocycles. The molecule has 1 N–H and O–H groups in total. The number of likely N-dealkylation sites (tertiary alicyclic amines) is 1. The van der Waals surface area contributed by atoms with Gasteiger partial charge in [0.05, 0.1) is 6.10 Å². The lowest BCUT2D eigenvalue weighted by atomic mass is 9.71. The van der Waals surface area contributed by atoms with Crippen molar-refractivity contribution in [2.75, 3.05) is 6.54 Å². The second-order valence-corrected chi connectivity index (χ2v) is 7.83. The van der Waals surface area contributed by atoms with E-state index >= 15 is 0 Å². The van der Waals surface area contributed by atoms with Gasteiger partial charge in [-0.3, -0.25) is 4.79 Å². The van der Waals surface area contributed by atoms with Gasteiger partial charge in [-0.15, -0.1) is 0 Å². The van der Waals surface area contributed by atoms with Crippen molar-refractivity contribution in [1.29, 1.82) is 0 Å². The molecule has 1 aromatic rings. The lowest BCUT2D eigenvalue weighted by molar-refractivity contribution is -0.134. The van der Waals surface area contributed by atoms with E-state index in [-0.39, 0.29) is 17.4 Å². The Morgan fingerprint density at radius 3 is 3.00 bits per heavy atom. The van der Waals surface area contributed by atoms with E-state index in [0.717, 1.165) is 38.1 Å². The number of imidazole rings is 1. The summed E-state index contributed by atoms with van der Waals surface area (Å²) in [5.74, 6) is 1.67. The average Bonchev–Trinajstić information content (AvgIpc) is 3.07. The van der Waals surface area contributed by atoms with Gasteiger partial charge in [0.25, 0.3) is 0 Å². The quantitative estimate of drug-likeness (QED) is 0.928. The molecule has 0 spiro atoms. The normalized spacial score (nSPS) is 30.7. The van der Waals surface area contributed by atoms with Crippen LogP contribution in [0.1, 0.15) is 64.6 Å². The molecule has 2 fully saturated rings. The number of carbonyl (C=O) groups is 1. The molecule has 0 unspecified atom stereocenters. The van der Waals surface area contributed by atoms with Crippen LogP contribution in [0.15, 0.2) is 12.4 Å². The minimum Gasteiger partial charge on any atom is -0.393 e.